The molecule has 3 heterocycles. The zero-order valence-corrected chi connectivity index (χ0v) is 20.1. The summed E-state index contributed by atoms with van der Waals surface area (Å²) in [5, 5.41) is 6.20. The van der Waals surface area contributed by atoms with Crippen LogP contribution in [0.3, 0.4) is 0 Å². The summed E-state index contributed by atoms with van der Waals surface area (Å²) in [5.74, 6) is 1.97. The monoisotopic (exact) mass is 474 g/mol. The summed E-state index contributed by atoms with van der Waals surface area (Å²) < 4.78 is 1.88. The van der Waals surface area contributed by atoms with E-state index in [4.69, 9.17) is 21.6 Å². The summed E-state index contributed by atoms with van der Waals surface area (Å²) in [6, 6.07) is 17.1. The summed E-state index contributed by atoms with van der Waals surface area (Å²) in [4.78, 5) is 27.0. The van der Waals surface area contributed by atoms with Crippen LogP contribution in [0.2, 0.25) is 5.02 Å². The molecule has 0 N–H and O–H groups in total. The molecule has 0 bridgehead atoms. The van der Waals surface area contributed by atoms with Gasteiger partial charge in [0.25, 0.3) is 5.91 Å². The molecule has 4 aromatic rings. The molecule has 7 nitrogen and oxygen atoms in total. The number of aromatic nitrogens is 4. The maximum Gasteiger partial charge on any atom is 0.253 e. The SMILES string of the molecule is CCC(C)c1nc(N2CCN(C(=O)c3ccc(Cl)cc3)CC2)c2cnn(-c3ccccc3)c2n1. The number of fused-ring (bicyclic) bond motifs is 1. The molecule has 1 aliphatic rings. The van der Waals surface area contributed by atoms with E-state index in [2.05, 4.69) is 23.8 Å². The third-order valence-corrected chi connectivity index (χ3v) is 6.69. The van der Waals surface area contributed by atoms with E-state index < -0.39 is 0 Å². The van der Waals surface area contributed by atoms with Gasteiger partial charge in [-0.05, 0) is 42.8 Å². The van der Waals surface area contributed by atoms with Gasteiger partial charge in [0, 0.05) is 42.7 Å². The second-order valence-corrected chi connectivity index (χ2v) is 9.07. The number of hydrogen-bond acceptors (Lipinski definition) is 5. The van der Waals surface area contributed by atoms with Crippen LogP contribution in [0, 0.1) is 0 Å². The average Bonchev–Trinajstić information content (AvgIpc) is 3.32. The quantitative estimate of drug-likeness (QED) is 0.409. The lowest BCUT2D eigenvalue weighted by Gasteiger charge is -2.36. The van der Waals surface area contributed by atoms with Crippen molar-refractivity contribution in [2.24, 2.45) is 0 Å². The summed E-state index contributed by atoms with van der Waals surface area (Å²) in [5.41, 5.74) is 2.44. The fourth-order valence-electron chi connectivity index (χ4n) is 4.21. The van der Waals surface area contributed by atoms with Crippen LogP contribution in [0.5, 0.6) is 0 Å². The minimum atomic E-state index is 0.0290. The number of hydrogen-bond donors (Lipinski definition) is 0. The third-order valence-electron chi connectivity index (χ3n) is 6.44. The first kappa shape index (κ1) is 22.3. The van der Waals surface area contributed by atoms with Gasteiger partial charge < -0.3 is 9.80 Å². The number of carbonyl (C=O) groups excluding carboxylic acids is 1. The minimum Gasteiger partial charge on any atom is -0.352 e. The summed E-state index contributed by atoms with van der Waals surface area (Å²) in [7, 11) is 0. The molecular weight excluding hydrogens is 448 g/mol. The highest BCUT2D eigenvalue weighted by Gasteiger charge is 2.26. The van der Waals surface area contributed by atoms with Gasteiger partial charge in [-0.15, -0.1) is 0 Å². The fraction of sp³-hybridized carbons (Fsp3) is 0.308. The maximum absolute atomic E-state index is 12.9. The Kier molecular flexibility index (Phi) is 6.20. The molecule has 5 rings (SSSR count). The van der Waals surface area contributed by atoms with Gasteiger partial charge in [0.1, 0.15) is 11.6 Å². The van der Waals surface area contributed by atoms with E-state index in [-0.39, 0.29) is 11.8 Å². The van der Waals surface area contributed by atoms with Crippen LogP contribution >= 0.6 is 11.6 Å². The molecule has 1 amide bonds. The van der Waals surface area contributed by atoms with Gasteiger partial charge in [0.2, 0.25) is 0 Å². The molecule has 2 aromatic heterocycles. The number of para-hydroxylation sites is 1. The molecule has 0 saturated carbocycles. The molecule has 174 valence electrons. The van der Waals surface area contributed by atoms with Gasteiger partial charge in [0.05, 0.1) is 17.3 Å². The van der Waals surface area contributed by atoms with Crippen molar-refractivity contribution in [3.05, 3.63) is 77.2 Å². The first-order chi connectivity index (χ1) is 16.5. The number of nitrogens with zero attached hydrogens (tertiary/aromatic N) is 6. The number of anilines is 1. The van der Waals surface area contributed by atoms with Crippen molar-refractivity contribution in [3.8, 4) is 5.69 Å². The second-order valence-electron chi connectivity index (χ2n) is 8.63. The molecule has 34 heavy (non-hydrogen) atoms. The highest BCUT2D eigenvalue weighted by atomic mass is 35.5. The second kappa shape index (κ2) is 9.43. The Morgan fingerprint density at radius 3 is 2.38 bits per heavy atom. The van der Waals surface area contributed by atoms with Crippen molar-refractivity contribution in [1.29, 1.82) is 0 Å². The van der Waals surface area contributed by atoms with Gasteiger partial charge in [-0.2, -0.15) is 5.10 Å². The average molecular weight is 475 g/mol. The number of halogens is 1. The van der Waals surface area contributed by atoms with Gasteiger partial charge >= 0.3 is 0 Å². The maximum atomic E-state index is 12.9. The van der Waals surface area contributed by atoms with Crippen LogP contribution in [0.1, 0.15) is 42.4 Å². The van der Waals surface area contributed by atoms with Crippen molar-refractivity contribution in [2.75, 3.05) is 31.1 Å². The molecule has 0 aliphatic carbocycles. The third kappa shape index (κ3) is 4.23. The number of piperazine rings is 1. The van der Waals surface area contributed by atoms with Crippen molar-refractivity contribution in [3.63, 3.8) is 0 Å². The Bertz CT molecular complexity index is 1300. The molecule has 1 fully saturated rings. The summed E-state index contributed by atoms with van der Waals surface area (Å²) >= 11 is 5.97. The summed E-state index contributed by atoms with van der Waals surface area (Å²) in [6.07, 6.45) is 2.80. The predicted octanol–water partition coefficient (Wildman–Crippen LogP) is 4.94. The normalized spacial score (nSPS) is 15.0. The van der Waals surface area contributed by atoms with Crippen LogP contribution in [-0.2, 0) is 0 Å². The smallest absolute Gasteiger partial charge is 0.253 e. The largest absolute Gasteiger partial charge is 0.352 e. The number of amides is 1. The van der Waals surface area contributed by atoms with Crippen LogP contribution in [0.15, 0.2) is 60.8 Å². The van der Waals surface area contributed by atoms with E-state index >= 15 is 0 Å². The first-order valence-electron chi connectivity index (χ1n) is 11.7. The van der Waals surface area contributed by atoms with Crippen molar-refractivity contribution in [2.45, 2.75) is 26.2 Å². The van der Waals surface area contributed by atoms with Crippen molar-refractivity contribution < 1.29 is 4.79 Å². The lowest BCUT2D eigenvalue weighted by Crippen LogP contribution is -2.49. The van der Waals surface area contributed by atoms with E-state index in [1.807, 2.05) is 46.1 Å². The highest BCUT2D eigenvalue weighted by Crippen LogP contribution is 2.29. The van der Waals surface area contributed by atoms with Crippen LogP contribution < -0.4 is 4.90 Å². The zero-order chi connectivity index (χ0) is 23.7. The van der Waals surface area contributed by atoms with Gasteiger partial charge in [-0.25, -0.2) is 14.6 Å². The van der Waals surface area contributed by atoms with E-state index in [1.165, 1.54) is 0 Å². The van der Waals surface area contributed by atoms with Crippen molar-refractivity contribution >= 4 is 34.4 Å². The van der Waals surface area contributed by atoms with Crippen molar-refractivity contribution in [1.82, 2.24) is 24.6 Å². The van der Waals surface area contributed by atoms with E-state index in [0.717, 1.165) is 34.8 Å². The lowest BCUT2D eigenvalue weighted by atomic mass is 10.1. The zero-order valence-electron chi connectivity index (χ0n) is 19.4. The lowest BCUT2D eigenvalue weighted by molar-refractivity contribution is 0.0746. The molecule has 1 aliphatic heterocycles. The Morgan fingerprint density at radius 2 is 1.71 bits per heavy atom. The number of benzene rings is 2. The molecule has 0 spiro atoms. The van der Waals surface area contributed by atoms with E-state index in [1.54, 1.807) is 24.3 Å². The molecule has 1 atom stereocenters. The highest BCUT2D eigenvalue weighted by molar-refractivity contribution is 6.30. The Labute approximate surface area is 204 Å². The predicted molar refractivity (Wildman–Crippen MR) is 135 cm³/mol. The molecule has 1 unspecified atom stereocenters. The van der Waals surface area contributed by atoms with E-state index in [9.17, 15) is 4.79 Å². The molecule has 2 aromatic carbocycles. The molecule has 0 radical (unpaired) electrons. The molecular formula is C26H27ClN6O. The van der Waals surface area contributed by atoms with Crippen LogP contribution in [-0.4, -0.2) is 56.7 Å². The first-order valence-corrected chi connectivity index (χ1v) is 12.0. The van der Waals surface area contributed by atoms with Gasteiger partial charge in [-0.1, -0.05) is 43.6 Å². The molecule has 8 heteroatoms. The van der Waals surface area contributed by atoms with Gasteiger partial charge in [-0.3, -0.25) is 4.79 Å². The fourth-order valence-corrected chi connectivity index (χ4v) is 4.33. The minimum absolute atomic E-state index is 0.0290. The van der Waals surface area contributed by atoms with Crippen LogP contribution in [0.4, 0.5) is 5.82 Å². The number of carbonyl (C=O) groups is 1. The standard InChI is InChI=1S/C26H27ClN6O/c1-3-18(2)23-29-24(22-17-28-33(25(22)30-23)21-7-5-4-6-8-21)31-13-15-32(16-14-31)26(34)19-9-11-20(27)12-10-19/h4-12,17-18H,3,13-16H2,1-2H3. The Hall–Kier alpha value is -3.45. The Morgan fingerprint density at radius 1 is 1.00 bits per heavy atom. The number of rotatable bonds is 5. The van der Waals surface area contributed by atoms with E-state index in [0.29, 0.717) is 36.8 Å². The topological polar surface area (TPSA) is 67.2 Å². The summed E-state index contributed by atoms with van der Waals surface area (Å²) in [6.45, 7) is 6.94. The van der Waals surface area contributed by atoms with Crippen LogP contribution in [0.25, 0.3) is 16.7 Å². The van der Waals surface area contributed by atoms with Gasteiger partial charge in [0.15, 0.2) is 5.65 Å². The molecule has 1 saturated heterocycles. The Balaban J connectivity index is 1.45.